The molecular formula is C7H15NO3S. The van der Waals surface area contributed by atoms with Crippen LogP contribution in [0.3, 0.4) is 0 Å². The first-order chi connectivity index (χ1) is 5.62. The monoisotopic (exact) mass is 193 g/mol. The summed E-state index contributed by atoms with van der Waals surface area (Å²) in [5.74, 6) is 0.847. The molecule has 72 valence electrons. The number of hydrogen-bond acceptors (Lipinski definition) is 4. The largest absolute Gasteiger partial charge is 0.400 e. The first kappa shape index (κ1) is 14.0. The predicted octanol–water partition coefficient (Wildman–Crippen LogP) is 0.333. The Kier molecular flexibility index (Phi) is 9.88. The topological polar surface area (TPSA) is 78.2 Å². The van der Waals surface area contributed by atoms with E-state index in [9.17, 15) is 8.42 Å². The van der Waals surface area contributed by atoms with E-state index in [0.717, 1.165) is 20.0 Å². The van der Waals surface area contributed by atoms with Gasteiger partial charge in [0.15, 0.2) is 0 Å². The van der Waals surface area contributed by atoms with Gasteiger partial charge in [0.25, 0.3) is 0 Å². The van der Waals surface area contributed by atoms with Crippen molar-refractivity contribution in [3.05, 3.63) is 0 Å². The molecule has 1 saturated heterocycles. The zero-order chi connectivity index (χ0) is 10.0. The van der Waals surface area contributed by atoms with Crippen LogP contribution in [-0.4, -0.2) is 32.1 Å². The highest BCUT2D eigenvalue weighted by molar-refractivity contribution is 7.91. The Bertz CT molecular complexity index is 203. The third-order valence-corrected chi connectivity index (χ3v) is 2.98. The van der Waals surface area contributed by atoms with E-state index < -0.39 is 9.84 Å². The van der Waals surface area contributed by atoms with Crippen LogP contribution < -0.4 is 0 Å². The lowest BCUT2D eigenvalue weighted by molar-refractivity contribution is 0.399. The summed E-state index contributed by atoms with van der Waals surface area (Å²) in [6.07, 6.45) is 1.75. The van der Waals surface area contributed by atoms with Crippen LogP contribution in [-0.2, 0) is 9.84 Å². The molecule has 0 unspecified atom stereocenters. The molecule has 0 aliphatic carbocycles. The molecule has 0 aromatic heterocycles. The first-order valence-corrected chi connectivity index (χ1v) is 5.40. The van der Waals surface area contributed by atoms with E-state index in [1.54, 1.807) is 6.07 Å². The van der Waals surface area contributed by atoms with E-state index in [1.807, 2.05) is 0 Å². The molecule has 0 atom stereocenters. The minimum absolute atomic E-state index is 0.424. The summed E-state index contributed by atoms with van der Waals surface area (Å²) in [4.78, 5) is 0. The van der Waals surface area contributed by atoms with Crippen molar-refractivity contribution in [2.75, 3.05) is 18.6 Å². The number of nitriles is 1. The third-order valence-electron chi connectivity index (χ3n) is 1.16. The minimum atomic E-state index is -2.55. The standard InChI is InChI=1S/C4H8O2S.C2H3N.CH4O/c5-7(6)3-1-2-4-7;1-2-3;1-2/h1-4H2;1H3;2H,1H3. The Hall–Kier alpha value is -0.600. The summed E-state index contributed by atoms with van der Waals surface area (Å²) in [7, 11) is -1.55. The van der Waals surface area contributed by atoms with E-state index in [0.29, 0.717) is 11.5 Å². The molecule has 0 aromatic carbocycles. The molecule has 12 heavy (non-hydrogen) atoms. The van der Waals surface area contributed by atoms with Crippen molar-refractivity contribution >= 4 is 9.84 Å². The van der Waals surface area contributed by atoms with Crippen molar-refractivity contribution in [1.82, 2.24) is 0 Å². The Morgan fingerprint density at radius 3 is 1.58 bits per heavy atom. The quantitative estimate of drug-likeness (QED) is 0.601. The van der Waals surface area contributed by atoms with Gasteiger partial charge >= 0.3 is 0 Å². The highest BCUT2D eigenvalue weighted by Crippen LogP contribution is 2.08. The number of sulfone groups is 1. The summed E-state index contributed by atoms with van der Waals surface area (Å²) < 4.78 is 20.9. The average molecular weight is 193 g/mol. The van der Waals surface area contributed by atoms with Gasteiger partial charge in [-0.1, -0.05) is 0 Å². The molecule has 1 aliphatic heterocycles. The summed E-state index contributed by atoms with van der Waals surface area (Å²) in [5.41, 5.74) is 0. The van der Waals surface area contributed by atoms with Gasteiger partial charge in [-0.3, -0.25) is 0 Å². The Labute approximate surface area is 73.7 Å². The summed E-state index contributed by atoms with van der Waals surface area (Å²) in [6, 6.07) is 1.75. The lowest BCUT2D eigenvalue weighted by atomic mass is 10.4. The zero-order valence-corrected chi connectivity index (χ0v) is 8.26. The van der Waals surface area contributed by atoms with Crippen LogP contribution in [0.25, 0.3) is 0 Å². The van der Waals surface area contributed by atoms with Gasteiger partial charge in [-0.15, -0.1) is 0 Å². The van der Waals surface area contributed by atoms with Crippen LogP contribution in [0.15, 0.2) is 0 Å². The fourth-order valence-corrected chi connectivity index (χ4v) is 2.24. The van der Waals surface area contributed by atoms with Crippen molar-refractivity contribution in [1.29, 1.82) is 5.26 Å². The summed E-state index contributed by atoms with van der Waals surface area (Å²) in [6.45, 7) is 1.43. The summed E-state index contributed by atoms with van der Waals surface area (Å²) in [5, 5.41) is 14.3. The Morgan fingerprint density at radius 1 is 1.25 bits per heavy atom. The van der Waals surface area contributed by atoms with Crippen LogP contribution in [0.2, 0.25) is 0 Å². The normalized spacial score (nSPS) is 17.5. The van der Waals surface area contributed by atoms with Crippen LogP contribution in [0.1, 0.15) is 19.8 Å². The molecule has 1 N–H and O–H groups in total. The Balaban J connectivity index is 0. The highest BCUT2D eigenvalue weighted by Gasteiger charge is 2.16. The predicted molar refractivity (Wildman–Crippen MR) is 47.3 cm³/mol. The molecule has 0 spiro atoms. The second-order valence-electron chi connectivity index (χ2n) is 2.08. The average Bonchev–Trinajstić information content (AvgIpc) is 2.40. The van der Waals surface area contributed by atoms with Crippen molar-refractivity contribution < 1.29 is 13.5 Å². The number of aliphatic hydroxyl groups is 1. The molecule has 1 aliphatic rings. The lowest BCUT2D eigenvalue weighted by Gasteiger charge is -1.81. The fourth-order valence-electron chi connectivity index (χ4n) is 0.746. The van der Waals surface area contributed by atoms with E-state index >= 15 is 0 Å². The molecule has 1 heterocycles. The molecular weight excluding hydrogens is 178 g/mol. The van der Waals surface area contributed by atoms with Crippen LogP contribution >= 0.6 is 0 Å². The van der Waals surface area contributed by atoms with Gasteiger partial charge in [0.1, 0.15) is 9.84 Å². The summed E-state index contributed by atoms with van der Waals surface area (Å²) >= 11 is 0. The second kappa shape index (κ2) is 8.50. The van der Waals surface area contributed by atoms with Gasteiger partial charge < -0.3 is 5.11 Å². The van der Waals surface area contributed by atoms with Gasteiger partial charge in [0, 0.05) is 14.0 Å². The van der Waals surface area contributed by atoms with Crippen LogP contribution in [0.4, 0.5) is 0 Å². The smallest absolute Gasteiger partial charge is 0.150 e. The van der Waals surface area contributed by atoms with E-state index in [1.165, 1.54) is 6.92 Å². The van der Waals surface area contributed by atoms with Gasteiger partial charge in [-0.25, -0.2) is 8.42 Å². The van der Waals surface area contributed by atoms with Crippen LogP contribution in [0, 0.1) is 11.3 Å². The fraction of sp³-hybridized carbons (Fsp3) is 0.857. The number of hydrogen-bond donors (Lipinski definition) is 1. The van der Waals surface area contributed by atoms with E-state index in [4.69, 9.17) is 10.4 Å². The van der Waals surface area contributed by atoms with Gasteiger partial charge in [-0.05, 0) is 12.8 Å². The molecule has 1 fully saturated rings. The molecule has 4 nitrogen and oxygen atoms in total. The maximum Gasteiger partial charge on any atom is 0.150 e. The van der Waals surface area contributed by atoms with Gasteiger partial charge in [-0.2, -0.15) is 5.26 Å². The number of aliphatic hydroxyl groups excluding tert-OH is 1. The van der Waals surface area contributed by atoms with E-state index in [2.05, 4.69) is 0 Å². The van der Waals surface area contributed by atoms with E-state index in [-0.39, 0.29) is 0 Å². The first-order valence-electron chi connectivity index (χ1n) is 3.58. The van der Waals surface area contributed by atoms with Crippen molar-refractivity contribution in [2.45, 2.75) is 19.8 Å². The maximum atomic E-state index is 10.4. The molecule has 0 aromatic rings. The van der Waals surface area contributed by atoms with Gasteiger partial charge in [0.2, 0.25) is 0 Å². The lowest BCUT2D eigenvalue weighted by Crippen LogP contribution is -1.98. The minimum Gasteiger partial charge on any atom is -0.400 e. The third kappa shape index (κ3) is 9.40. The molecule has 0 radical (unpaired) electrons. The number of nitrogens with zero attached hydrogens (tertiary/aromatic N) is 1. The van der Waals surface area contributed by atoms with Gasteiger partial charge in [0.05, 0.1) is 17.6 Å². The second-order valence-corrected chi connectivity index (χ2v) is 4.39. The van der Waals surface area contributed by atoms with Crippen LogP contribution in [0.5, 0.6) is 0 Å². The molecule has 0 bridgehead atoms. The maximum absolute atomic E-state index is 10.4. The molecule has 0 saturated carbocycles. The van der Waals surface area contributed by atoms with Crippen molar-refractivity contribution in [3.8, 4) is 6.07 Å². The Morgan fingerprint density at radius 2 is 1.50 bits per heavy atom. The van der Waals surface area contributed by atoms with Crippen molar-refractivity contribution in [2.24, 2.45) is 0 Å². The molecule has 5 heteroatoms. The SMILES string of the molecule is CC#N.CO.O=S1(=O)CCCC1. The van der Waals surface area contributed by atoms with Crippen molar-refractivity contribution in [3.63, 3.8) is 0 Å². The number of rotatable bonds is 0. The highest BCUT2D eigenvalue weighted by atomic mass is 32.2. The zero-order valence-electron chi connectivity index (χ0n) is 7.45. The molecule has 1 rings (SSSR count). The molecule has 0 amide bonds.